The molecule has 0 amide bonds. The van der Waals surface area contributed by atoms with Crippen molar-refractivity contribution in [2.75, 3.05) is 0 Å². The van der Waals surface area contributed by atoms with E-state index in [2.05, 4.69) is 41.4 Å². The lowest BCUT2D eigenvalue weighted by molar-refractivity contribution is 1.01. The van der Waals surface area contributed by atoms with Crippen molar-refractivity contribution in [1.29, 1.82) is 0 Å². The van der Waals surface area contributed by atoms with Crippen LogP contribution in [0.4, 0.5) is 0 Å². The van der Waals surface area contributed by atoms with E-state index in [9.17, 15) is 0 Å². The highest BCUT2D eigenvalue weighted by atomic mass is 35.5. The van der Waals surface area contributed by atoms with Crippen LogP contribution in [-0.4, -0.2) is 10.2 Å². The molecule has 0 saturated carbocycles. The summed E-state index contributed by atoms with van der Waals surface area (Å²) < 4.78 is 0.935. The van der Waals surface area contributed by atoms with Crippen molar-refractivity contribution in [3.05, 3.63) is 63.6 Å². The second-order valence-corrected chi connectivity index (χ2v) is 7.76. The van der Waals surface area contributed by atoms with E-state index in [0.29, 0.717) is 10.0 Å². The molecule has 3 rings (SSSR count). The Hall–Kier alpha value is -1.07. The lowest BCUT2D eigenvalue weighted by Crippen LogP contribution is -1.84. The highest BCUT2D eigenvalue weighted by Gasteiger charge is 2.11. The maximum absolute atomic E-state index is 6.21. The number of aryl methyl sites for hydroxylation is 1. The minimum atomic E-state index is 0.596. The van der Waals surface area contributed by atoms with Crippen LogP contribution in [0, 0.1) is 6.92 Å². The van der Waals surface area contributed by atoms with Gasteiger partial charge in [-0.15, -0.1) is 10.2 Å². The first-order valence-corrected chi connectivity index (χ1v) is 9.15. The molecular formula is C16H12Cl2N2S2. The van der Waals surface area contributed by atoms with Gasteiger partial charge in [0.05, 0.1) is 5.02 Å². The highest BCUT2D eigenvalue weighted by molar-refractivity contribution is 8.00. The summed E-state index contributed by atoms with van der Waals surface area (Å²) in [5, 5.41) is 10.5. The first kappa shape index (κ1) is 15.8. The summed E-state index contributed by atoms with van der Waals surface area (Å²) in [6.45, 7) is 2.12. The monoisotopic (exact) mass is 366 g/mol. The van der Waals surface area contributed by atoms with Crippen LogP contribution in [0.3, 0.4) is 0 Å². The zero-order chi connectivity index (χ0) is 15.5. The number of aromatic nitrogens is 2. The van der Waals surface area contributed by atoms with Crippen molar-refractivity contribution >= 4 is 46.3 Å². The van der Waals surface area contributed by atoms with Gasteiger partial charge in [0.1, 0.15) is 5.01 Å². The fourth-order valence-electron chi connectivity index (χ4n) is 1.95. The second kappa shape index (κ2) is 7.01. The molecule has 3 aromatic rings. The fraction of sp³-hybridized carbons (Fsp3) is 0.125. The van der Waals surface area contributed by atoms with Crippen LogP contribution < -0.4 is 0 Å². The van der Waals surface area contributed by atoms with Crippen molar-refractivity contribution in [3.63, 3.8) is 0 Å². The van der Waals surface area contributed by atoms with E-state index in [-0.39, 0.29) is 0 Å². The smallest absolute Gasteiger partial charge is 0.137 e. The van der Waals surface area contributed by atoms with E-state index in [0.717, 1.165) is 20.7 Å². The fourth-order valence-corrected chi connectivity index (χ4v) is 4.47. The van der Waals surface area contributed by atoms with Crippen molar-refractivity contribution in [2.45, 2.75) is 17.0 Å². The number of nitrogens with zero attached hydrogens (tertiary/aromatic N) is 2. The predicted molar refractivity (Wildman–Crippen MR) is 96.1 cm³/mol. The predicted octanol–water partition coefficient (Wildman–Crippen LogP) is 6.11. The lowest BCUT2D eigenvalue weighted by Gasteiger charge is -2.02. The van der Waals surface area contributed by atoms with Crippen LogP contribution in [0.15, 0.2) is 46.8 Å². The van der Waals surface area contributed by atoms with Gasteiger partial charge in [0.2, 0.25) is 0 Å². The third-order valence-electron chi connectivity index (χ3n) is 3.18. The van der Waals surface area contributed by atoms with Gasteiger partial charge in [0.15, 0.2) is 4.34 Å². The quantitative estimate of drug-likeness (QED) is 0.520. The van der Waals surface area contributed by atoms with Crippen LogP contribution in [0.1, 0.15) is 11.1 Å². The molecule has 6 heteroatoms. The molecule has 0 aliphatic rings. The molecule has 0 spiro atoms. The molecule has 0 radical (unpaired) electrons. The second-order valence-electron chi connectivity index (χ2n) is 4.71. The third-order valence-corrected chi connectivity index (χ3v) is 5.87. The van der Waals surface area contributed by atoms with Crippen molar-refractivity contribution in [1.82, 2.24) is 10.2 Å². The van der Waals surface area contributed by atoms with Crippen molar-refractivity contribution < 1.29 is 0 Å². The van der Waals surface area contributed by atoms with Crippen molar-refractivity contribution in [2.24, 2.45) is 0 Å². The van der Waals surface area contributed by atoms with E-state index in [1.807, 2.05) is 12.1 Å². The summed E-state index contributed by atoms with van der Waals surface area (Å²) in [5.41, 5.74) is 3.47. The Balaban J connectivity index is 1.75. The summed E-state index contributed by atoms with van der Waals surface area (Å²) in [6.07, 6.45) is 0. The SMILES string of the molecule is Cc1ccccc1CSc1nnc(-c2ccc(Cl)cc2Cl)s1. The highest BCUT2D eigenvalue weighted by Crippen LogP contribution is 2.35. The van der Waals surface area contributed by atoms with Crippen molar-refractivity contribution in [3.8, 4) is 10.6 Å². The molecule has 0 saturated heterocycles. The zero-order valence-electron chi connectivity index (χ0n) is 11.7. The Labute approximate surface area is 147 Å². The molecule has 0 fully saturated rings. The normalized spacial score (nSPS) is 10.9. The lowest BCUT2D eigenvalue weighted by atomic mass is 10.1. The van der Waals surface area contributed by atoms with Gasteiger partial charge in [-0.05, 0) is 36.2 Å². The van der Waals surface area contributed by atoms with Gasteiger partial charge >= 0.3 is 0 Å². The average molecular weight is 367 g/mol. The topological polar surface area (TPSA) is 25.8 Å². The van der Waals surface area contributed by atoms with Crippen LogP contribution >= 0.6 is 46.3 Å². The maximum Gasteiger partial charge on any atom is 0.174 e. The van der Waals surface area contributed by atoms with E-state index in [1.54, 1.807) is 29.2 Å². The van der Waals surface area contributed by atoms with Crippen LogP contribution in [0.5, 0.6) is 0 Å². The summed E-state index contributed by atoms with van der Waals surface area (Å²) in [5.74, 6) is 0.885. The molecule has 2 aromatic carbocycles. The standard InChI is InChI=1S/C16H12Cl2N2S2/c1-10-4-2-3-5-11(10)9-21-16-20-19-15(22-16)13-7-6-12(17)8-14(13)18/h2-8H,9H2,1H3. The van der Waals surface area contributed by atoms with Gasteiger partial charge in [0, 0.05) is 16.3 Å². The van der Waals surface area contributed by atoms with E-state index in [1.165, 1.54) is 11.1 Å². The van der Waals surface area contributed by atoms with Gasteiger partial charge < -0.3 is 0 Å². The Morgan fingerprint density at radius 3 is 2.68 bits per heavy atom. The Morgan fingerprint density at radius 1 is 1.09 bits per heavy atom. The molecule has 22 heavy (non-hydrogen) atoms. The minimum absolute atomic E-state index is 0.596. The Bertz CT molecular complexity index is 802. The zero-order valence-corrected chi connectivity index (χ0v) is 14.9. The molecular weight excluding hydrogens is 355 g/mol. The number of hydrogen-bond acceptors (Lipinski definition) is 4. The maximum atomic E-state index is 6.21. The van der Waals surface area contributed by atoms with E-state index in [4.69, 9.17) is 23.2 Å². The first-order valence-electron chi connectivity index (χ1n) is 6.60. The summed E-state index contributed by atoms with van der Waals surface area (Å²) in [6, 6.07) is 13.8. The van der Waals surface area contributed by atoms with Gasteiger partial charge in [-0.25, -0.2) is 0 Å². The molecule has 0 aliphatic heterocycles. The van der Waals surface area contributed by atoms with Crippen LogP contribution in [-0.2, 0) is 5.75 Å². The van der Waals surface area contributed by atoms with E-state index < -0.39 is 0 Å². The number of rotatable bonds is 4. The number of benzene rings is 2. The van der Waals surface area contributed by atoms with Crippen LogP contribution in [0.25, 0.3) is 10.6 Å². The molecule has 0 atom stereocenters. The largest absolute Gasteiger partial charge is 0.174 e. The molecule has 112 valence electrons. The summed E-state index contributed by atoms with van der Waals surface area (Å²) in [7, 11) is 0. The van der Waals surface area contributed by atoms with E-state index >= 15 is 0 Å². The Morgan fingerprint density at radius 2 is 1.91 bits per heavy atom. The molecule has 0 bridgehead atoms. The minimum Gasteiger partial charge on any atom is -0.137 e. The molecule has 0 aliphatic carbocycles. The van der Waals surface area contributed by atoms with Gasteiger partial charge in [-0.3, -0.25) is 0 Å². The molecule has 2 nitrogen and oxygen atoms in total. The molecule has 1 aromatic heterocycles. The molecule has 1 heterocycles. The number of halogens is 2. The van der Waals surface area contributed by atoms with Gasteiger partial charge in [-0.2, -0.15) is 0 Å². The molecule has 0 N–H and O–H groups in total. The van der Waals surface area contributed by atoms with Gasteiger partial charge in [-0.1, -0.05) is 70.6 Å². The molecule has 0 unspecified atom stereocenters. The first-order chi connectivity index (χ1) is 10.6. The number of hydrogen-bond donors (Lipinski definition) is 0. The third kappa shape index (κ3) is 3.63. The summed E-state index contributed by atoms with van der Waals surface area (Å²) in [4.78, 5) is 0. The summed E-state index contributed by atoms with van der Waals surface area (Å²) >= 11 is 15.4. The van der Waals surface area contributed by atoms with Crippen LogP contribution in [0.2, 0.25) is 10.0 Å². The van der Waals surface area contributed by atoms with Gasteiger partial charge in [0.25, 0.3) is 0 Å². The Kier molecular flexibility index (Phi) is 5.03. The average Bonchev–Trinajstić information content (AvgIpc) is 2.95. The number of thioether (sulfide) groups is 1.